The summed E-state index contributed by atoms with van der Waals surface area (Å²) in [7, 11) is 1.67. The van der Waals surface area contributed by atoms with Crippen molar-refractivity contribution in [3.63, 3.8) is 0 Å². The Morgan fingerprint density at radius 1 is 1.42 bits per heavy atom. The van der Waals surface area contributed by atoms with E-state index >= 15 is 0 Å². The van der Waals surface area contributed by atoms with E-state index in [4.69, 9.17) is 4.74 Å². The van der Waals surface area contributed by atoms with Crippen LogP contribution in [0.25, 0.3) is 0 Å². The van der Waals surface area contributed by atoms with Gasteiger partial charge in [0.15, 0.2) is 0 Å². The molecule has 1 unspecified atom stereocenters. The van der Waals surface area contributed by atoms with Crippen LogP contribution in [-0.2, 0) is 0 Å². The number of benzene rings is 1. The zero-order valence-corrected chi connectivity index (χ0v) is 12.7. The topological polar surface area (TPSA) is 41.5 Å². The average Bonchev–Trinajstić information content (AvgIpc) is 2.41. The fourth-order valence-electron chi connectivity index (χ4n) is 2.49. The van der Waals surface area contributed by atoms with E-state index in [0.717, 1.165) is 29.4 Å². The maximum atomic E-state index is 9.96. The molecule has 0 saturated carbocycles. The SMILES string of the molecule is COc1cccc(NC2(CO)CSCCC2(C)C)c1. The molecule has 0 aromatic heterocycles. The van der Waals surface area contributed by atoms with E-state index in [2.05, 4.69) is 19.2 Å². The molecular formula is C15H23NO2S. The number of nitrogens with one attached hydrogen (secondary N) is 1. The van der Waals surface area contributed by atoms with Gasteiger partial charge in [-0.05, 0) is 29.7 Å². The standard InChI is InChI=1S/C15H23NO2S/c1-14(2)7-8-19-11-15(14,10-17)16-12-5-4-6-13(9-12)18-3/h4-6,9,16-17H,7-8,10-11H2,1-3H3. The smallest absolute Gasteiger partial charge is 0.120 e. The molecule has 3 nitrogen and oxygen atoms in total. The molecule has 2 rings (SSSR count). The van der Waals surface area contributed by atoms with E-state index < -0.39 is 0 Å². The third kappa shape index (κ3) is 2.84. The van der Waals surface area contributed by atoms with E-state index in [1.54, 1.807) is 7.11 Å². The summed E-state index contributed by atoms with van der Waals surface area (Å²) in [6.07, 6.45) is 1.11. The molecule has 19 heavy (non-hydrogen) atoms. The summed E-state index contributed by atoms with van der Waals surface area (Å²) in [5.74, 6) is 2.92. The summed E-state index contributed by atoms with van der Waals surface area (Å²) in [6.45, 7) is 4.61. The fraction of sp³-hybridized carbons (Fsp3) is 0.600. The van der Waals surface area contributed by atoms with E-state index in [0.29, 0.717) is 0 Å². The Labute approximate surface area is 119 Å². The monoisotopic (exact) mass is 281 g/mol. The number of anilines is 1. The molecule has 0 bridgehead atoms. The van der Waals surface area contributed by atoms with Crippen LogP contribution in [0.5, 0.6) is 5.75 Å². The van der Waals surface area contributed by atoms with Gasteiger partial charge in [0.2, 0.25) is 0 Å². The van der Waals surface area contributed by atoms with Crippen LogP contribution in [0, 0.1) is 5.41 Å². The lowest BCUT2D eigenvalue weighted by Gasteiger charge is -2.50. The summed E-state index contributed by atoms with van der Waals surface area (Å²) in [4.78, 5) is 0. The van der Waals surface area contributed by atoms with Crippen LogP contribution in [-0.4, -0.2) is 35.9 Å². The Hall–Kier alpha value is -0.870. The number of methoxy groups -OCH3 is 1. The first kappa shape index (κ1) is 14.5. The minimum atomic E-state index is -0.276. The second-order valence-electron chi connectivity index (χ2n) is 5.78. The van der Waals surface area contributed by atoms with Crippen LogP contribution in [0.3, 0.4) is 0 Å². The van der Waals surface area contributed by atoms with Crippen molar-refractivity contribution in [1.29, 1.82) is 0 Å². The molecule has 0 amide bonds. The van der Waals surface area contributed by atoms with Crippen molar-refractivity contribution in [1.82, 2.24) is 0 Å². The van der Waals surface area contributed by atoms with Gasteiger partial charge in [-0.15, -0.1) is 0 Å². The summed E-state index contributed by atoms with van der Waals surface area (Å²) in [5.41, 5.74) is 0.794. The Morgan fingerprint density at radius 2 is 2.21 bits per heavy atom. The minimum absolute atomic E-state index is 0.0656. The number of hydrogen-bond donors (Lipinski definition) is 2. The van der Waals surface area contributed by atoms with Crippen molar-refractivity contribution in [2.45, 2.75) is 25.8 Å². The summed E-state index contributed by atoms with van der Waals surface area (Å²) >= 11 is 1.90. The van der Waals surface area contributed by atoms with Gasteiger partial charge in [-0.1, -0.05) is 19.9 Å². The lowest BCUT2D eigenvalue weighted by Crippen LogP contribution is -2.58. The third-order valence-electron chi connectivity index (χ3n) is 4.24. The van der Waals surface area contributed by atoms with E-state index in [9.17, 15) is 5.11 Å². The average molecular weight is 281 g/mol. The maximum absolute atomic E-state index is 9.96. The van der Waals surface area contributed by atoms with Gasteiger partial charge in [0.25, 0.3) is 0 Å². The molecule has 1 aromatic rings. The van der Waals surface area contributed by atoms with E-state index in [1.165, 1.54) is 0 Å². The first-order valence-corrected chi connectivity index (χ1v) is 7.79. The molecule has 1 saturated heterocycles. The second kappa shape index (κ2) is 5.63. The van der Waals surface area contributed by atoms with E-state index in [-0.39, 0.29) is 17.6 Å². The highest BCUT2D eigenvalue weighted by atomic mass is 32.2. The van der Waals surface area contributed by atoms with Gasteiger partial charge < -0.3 is 15.2 Å². The van der Waals surface area contributed by atoms with Gasteiger partial charge in [0, 0.05) is 17.5 Å². The summed E-state index contributed by atoms with van der Waals surface area (Å²) < 4.78 is 5.25. The van der Waals surface area contributed by atoms with Gasteiger partial charge in [-0.2, -0.15) is 11.8 Å². The number of rotatable bonds is 4. The summed E-state index contributed by atoms with van der Waals surface area (Å²) in [6, 6.07) is 7.90. The second-order valence-corrected chi connectivity index (χ2v) is 6.89. The first-order chi connectivity index (χ1) is 9.03. The quantitative estimate of drug-likeness (QED) is 0.890. The van der Waals surface area contributed by atoms with Gasteiger partial charge >= 0.3 is 0 Å². The van der Waals surface area contributed by atoms with Crippen LogP contribution in [0.4, 0.5) is 5.69 Å². The molecule has 4 heteroatoms. The zero-order chi connectivity index (χ0) is 13.9. The molecule has 106 valence electrons. The van der Waals surface area contributed by atoms with Gasteiger partial charge in [-0.25, -0.2) is 0 Å². The van der Waals surface area contributed by atoms with Crippen molar-refractivity contribution in [2.75, 3.05) is 30.5 Å². The highest BCUT2D eigenvalue weighted by Crippen LogP contribution is 2.44. The van der Waals surface area contributed by atoms with Crippen molar-refractivity contribution in [2.24, 2.45) is 5.41 Å². The molecule has 1 aliphatic heterocycles. The normalized spacial score (nSPS) is 25.9. The maximum Gasteiger partial charge on any atom is 0.120 e. The van der Waals surface area contributed by atoms with Gasteiger partial charge in [-0.3, -0.25) is 0 Å². The molecule has 0 aliphatic carbocycles. The summed E-state index contributed by atoms with van der Waals surface area (Å²) in [5, 5.41) is 13.5. The molecule has 1 atom stereocenters. The Kier molecular flexibility index (Phi) is 4.31. The minimum Gasteiger partial charge on any atom is -0.497 e. The largest absolute Gasteiger partial charge is 0.497 e. The van der Waals surface area contributed by atoms with Crippen molar-refractivity contribution >= 4 is 17.4 Å². The number of ether oxygens (including phenoxy) is 1. The van der Waals surface area contributed by atoms with Crippen molar-refractivity contribution < 1.29 is 9.84 Å². The van der Waals surface area contributed by atoms with E-state index in [1.807, 2.05) is 36.0 Å². The third-order valence-corrected chi connectivity index (χ3v) is 5.43. The molecule has 2 N–H and O–H groups in total. The molecule has 1 aromatic carbocycles. The highest BCUT2D eigenvalue weighted by molar-refractivity contribution is 7.99. The van der Waals surface area contributed by atoms with Crippen molar-refractivity contribution in [3.8, 4) is 5.75 Å². The molecule has 1 fully saturated rings. The van der Waals surface area contributed by atoms with Crippen LogP contribution in [0.2, 0.25) is 0 Å². The Morgan fingerprint density at radius 3 is 2.84 bits per heavy atom. The predicted molar refractivity (Wildman–Crippen MR) is 82.2 cm³/mol. The number of aliphatic hydroxyl groups excluding tert-OH is 1. The van der Waals surface area contributed by atoms with Crippen molar-refractivity contribution in [3.05, 3.63) is 24.3 Å². The first-order valence-electron chi connectivity index (χ1n) is 6.64. The number of hydrogen-bond acceptors (Lipinski definition) is 4. The fourth-order valence-corrected chi connectivity index (χ4v) is 4.19. The van der Waals surface area contributed by atoms with Gasteiger partial charge in [0.1, 0.15) is 5.75 Å². The van der Waals surface area contributed by atoms with Crippen LogP contribution < -0.4 is 10.1 Å². The molecule has 1 aliphatic rings. The number of thioether (sulfide) groups is 1. The van der Waals surface area contributed by atoms with Crippen LogP contribution in [0.15, 0.2) is 24.3 Å². The molecule has 0 spiro atoms. The van der Waals surface area contributed by atoms with Gasteiger partial charge in [0.05, 0.1) is 19.3 Å². The van der Waals surface area contributed by atoms with Crippen LogP contribution >= 0.6 is 11.8 Å². The molecule has 0 radical (unpaired) electrons. The lowest BCUT2D eigenvalue weighted by molar-refractivity contribution is 0.110. The molecule has 1 heterocycles. The lowest BCUT2D eigenvalue weighted by atomic mass is 9.71. The van der Waals surface area contributed by atoms with Crippen LogP contribution in [0.1, 0.15) is 20.3 Å². The predicted octanol–water partition coefficient (Wildman–Crippen LogP) is 3.00. The molecular weight excluding hydrogens is 258 g/mol. The highest BCUT2D eigenvalue weighted by Gasteiger charge is 2.46. The Balaban J connectivity index is 2.26. The number of aliphatic hydroxyl groups is 1. The Bertz CT molecular complexity index is 436. The zero-order valence-electron chi connectivity index (χ0n) is 11.9.